The van der Waals surface area contributed by atoms with Gasteiger partial charge in [-0.15, -0.1) is 0 Å². The second-order valence-corrected chi connectivity index (χ2v) is 7.39. The van der Waals surface area contributed by atoms with Crippen LogP contribution in [0.1, 0.15) is 41.5 Å². The third kappa shape index (κ3) is 3.27. The zero-order chi connectivity index (χ0) is 13.5. The van der Waals surface area contributed by atoms with Crippen molar-refractivity contribution in [3.8, 4) is 0 Å². The molecule has 98 valence electrons. The number of thioether (sulfide) groups is 1. The van der Waals surface area contributed by atoms with E-state index in [1.165, 1.54) is 0 Å². The van der Waals surface area contributed by atoms with Crippen LogP contribution in [-0.2, 0) is 9.31 Å². The minimum absolute atomic E-state index is 0.256. The summed E-state index contributed by atoms with van der Waals surface area (Å²) >= 11 is 1.59. The van der Waals surface area contributed by atoms with Crippen LogP contribution < -0.4 is 0 Å². The molecule has 0 N–H and O–H groups in total. The summed E-state index contributed by atoms with van der Waals surface area (Å²) in [5.74, 6) is 0. The van der Waals surface area contributed by atoms with E-state index in [0.29, 0.717) is 0 Å². The Morgan fingerprint density at radius 1 is 1.18 bits per heavy atom. The molecule has 0 unspecified atom stereocenters. The van der Waals surface area contributed by atoms with E-state index in [2.05, 4.69) is 0 Å². The Morgan fingerprint density at radius 2 is 1.59 bits per heavy atom. The second-order valence-electron chi connectivity index (χ2n) is 5.93. The van der Waals surface area contributed by atoms with Gasteiger partial charge < -0.3 is 9.31 Å². The van der Waals surface area contributed by atoms with E-state index in [0.717, 1.165) is 0 Å². The van der Waals surface area contributed by atoms with Crippen molar-refractivity contribution in [1.29, 1.82) is 0 Å². The van der Waals surface area contributed by atoms with Crippen molar-refractivity contribution >= 4 is 18.9 Å². The Morgan fingerprint density at radius 3 is 1.94 bits per heavy atom. The largest absolute Gasteiger partial charge is 0.524 e. The van der Waals surface area contributed by atoms with Crippen LogP contribution in [0.15, 0.2) is 11.8 Å². The van der Waals surface area contributed by atoms with Gasteiger partial charge in [-0.1, -0.05) is 0 Å². The summed E-state index contributed by atoms with van der Waals surface area (Å²) in [5, 5.41) is 0. The van der Waals surface area contributed by atoms with E-state index >= 15 is 0 Å². The molecular formula is C12H22BFO2S. The monoisotopic (exact) mass is 260 g/mol. The first-order valence-electron chi connectivity index (χ1n) is 5.80. The fourth-order valence-electron chi connectivity index (χ4n) is 1.41. The van der Waals surface area contributed by atoms with Crippen molar-refractivity contribution < 1.29 is 13.7 Å². The molecule has 1 heterocycles. The van der Waals surface area contributed by atoms with Crippen molar-refractivity contribution in [2.75, 3.05) is 6.26 Å². The maximum atomic E-state index is 14.1. The van der Waals surface area contributed by atoms with Crippen LogP contribution in [0.5, 0.6) is 0 Å². The van der Waals surface area contributed by atoms with E-state index in [-0.39, 0.29) is 10.5 Å². The Labute approximate surface area is 108 Å². The Bertz CT molecular complexity index is 310. The van der Waals surface area contributed by atoms with Crippen LogP contribution in [0.2, 0.25) is 0 Å². The maximum Gasteiger partial charge on any atom is 0.524 e. The van der Waals surface area contributed by atoms with Crippen LogP contribution in [0.25, 0.3) is 0 Å². The molecule has 0 saturated carbocycles. The highest BCUT2D eigenvalue weighted by Gasteiger charge is 2.53. The smallest absolute Gasteiger partial charge is 0.398 e. The lowest BCUT2D eigenvalue weighted by Gasteiger charge is -2.32. The van der Waals surface area contributed by atoms with Crippen LogP contribution in [0, 0.1) is 0 Å². The molecule has 0 aliphatic carbocycles. The van der Waals surface area contributed by atoms with E-state index < -0.39 is 18.3 Å². The molecule has 5 heteroatoms. The van der Waals surface area contributed by atoms with Gasteiger partial charge in [0.1, 0.15) is 5.73 Å². The SMILES string of the molecule is CSC(C)(C)C=C(F)B1OC(C)(C)C(C)(C)O1. The molecule has 0 amide bonds. The number of halogens is 1. The molecule has 0 atom stereocenters. The highest BCUT2D eigenvalue weighted by molar-refractivity contribution is 8.00. The molecule has 1 aliphatic rings. The van der Waals surface area contributed by atoms with E-state index in [9.17, 15) is 4.39 Å². The average Bonchev–Trinajstić information content (AvgIpc) is 2.36. The molecular weight excluding hydrogens is 238 g/mol. The van der Waals surface area contributed by atoms with Gasteiger partial charge in [-0.3, -0.25) is 0 Å². The zero-order valence-corrected chi connectivity index (χ0v) is 12.6. The fraction of sp³-hybridized carbons (Fsp3) is 0.833. The molecule has 1 aliphatic heterocycles. The summed E-state index contributed by atoms with van der Waals surface area (Å²) in [4.78, 5) is 0. The summed E-state index contributed by atoms with van der Waals surface area (Å²) < 4.78 is 25.1. The molecule has 1 fully saturated rings. The molecule has 0 aromatic rings. The first kappa shape index (κ1) is 15.1. The van der Waals surface area contributed by atoms with E-state index in [4.69, 9.17) is 9.31 Å². The fourth-order valence-corrected chi connectivity index (χ4v) is 1.65. The molecule has 0 radical (unpaired) electrons. The topological polar surface area (TPSA) is 18.5 Å². The first-order chi connectivity index (χ1) is 7.51. The third-order valence-electron chi connectivity index (χ3n) is 3.49. The van der Waals surface area contributed by atoms with Crippen LogP contribution in [-0.4, -0.2) is 29.3 Å². The van der Waals surface area contributed by atoms with Gasteiger partial charge in [0.05, 0.1) is 11.2 Å². The van der Waals surface area contributed by atoms with Gasteiger partial charge in [-0.25, -0.2) is 4.39 Å². The molecule has 0 aromatic heterocycles. The Kier molecular flexibility index (Phi) is 4.07. The molecule has 1 saturated heterocycles. The highest BCUT2D eigenvalue weighted by atomic mass is 32.2. The average molecular weight is 260 g/mol. The summed E-state index contributed by atoms with van der Waals surface area (Å²) in [6, 6.07) is 0. The molecule has 0 bridgehead atoms. The quantitative estimate of drug-likeness (QED) is 0.722. The first-order valence-corrected chi connectivity index (χ1v) is 7.02. The summed E-state index contributed by atoms with van der Waals surface area (Å²) in [6.45, 7) is 11.6. The minimum atomic E-state index is -0.883. The summed E-state index contributed by atoms with van der Waals surface area (Å²) in [6.07, 6.45) is 3.52. The van der Waals surface area contributed by atoms with Gasteiger partial charge in [0.25, 0.3) is 0 Å². The van der Waals surface area contributed by atoms with Crippen molar-refractivity contribution in [2.45, 2.75) is 57.5 Å². The van der Waals surface area contributed by atoms with Crippen LogP contribution >= 0.6 is 11.8 Å². The lowest BCUT2D eigenvalue weighted by molar-refractivity contribution is 0.00578. The number of hydrogen-bond acceptors (Lipinski definition) is 3. The van der Waals surface area contributed by atoms with Crippen molar-refractivity contribution in [3.05, 3.63) is 11.8 Å². The van der Waals surface area contributed by atoms with Crippen LogP contribution in [0.4, 0.5) is 4.39 Å². The van der Waals surface area contributed by atoms with Gasteiger partial charge in [-0.05, 0) is 53.9 Å². The van der Waals surface area contributed by atoms with Gasteiger partial charge in [0, 0.05) is 4.75 Å². The van der Waals surface area contributed by atoms with Gasteiger partial charge in [0.15, 0.2) is 0 Å². The lowest BCUT2D eigenvalue weighted by atomic mass is 9.86. The third-order valence-corrected chi connectivity index (χ3v) is 4.66. The van der Waals surface area contributed by atoms with Crippen LogP contribution in [0.3, 0.4) is 0 Å². The predicted molar refractivity (Wildman–Crippen MR) is 72.9 cm³/mol. The lowest BCUT2D eigenvalue weighted by Crippen LogP contribution is -2.41. The Hall–Kier alpha value is 0.00494. The molecule has 1 rings (SSSR count). The van der Waals surface area contributed by atoms with Gasteiger partial charge in [0.2, 0.25) is 0 Å². The zero-order valence-electron chi connectivity index (χ0n) is 11.8. The van der Waals surface area contributed by atoms with Crippen molar-refractivity contribution in [3.63, 3.8) is 0 Å². The van der Waals surface area contributed by atoms with Crippen molar-refractivity contribution in [2.24, 2.45) is 0 Å². The summed E-state index contributed by atoms with van der Waals surface area (Å²) in [7, 11) is -0.883. The highest BCUT2D eigenvalue weighted by Crippen LogP contribution is 2.39. The maximum absolute atomic E-state index is 14.1. The standard InChI is InChI=1S/C12H22BFO2S/c1-10(2,17-7)8-9(14)13-15-11(3,4)12(5,6)16-13/h8H,1-7H3. The Balaban J connectivity index is 2.85. The number of hydrogen-bond donors (Lipinski definition) is 0. The van der Waals surface area contributed by atoms with E-state index in [1.54, 1.807) is 17.8 Å². The van der Waals surface area contributed by atoms with E-state index in [1.807, 2.05) is 47.8 Å². The normalized spacial score (nSPS) is 24.2. The predicted octanol–water partition coefficient (Wildman–Crippen LogP) is 3.61. The second kappa shape index (κ2) is 4.59. The summed E-state index contributed by atoms with van der Waals surface area (Å²) in [5.41, 5.74) is -1.33. The minimum Gasteiger partial charge on any atom is -0.398 e. The van der Waals surface area contributed by atoms with Gasteiger partial charge in [-0.2, -0.15) is 11.8 Å². The molecule has 0 spiro atoms. The number of rotatable bonds is 3. The van der Waals surface area contributed by atoms with Crippen molar-refractivity contribution in [1.82, 2.24) is 0 Å². The molecule has 2 nitrogen and oxygen atoms in total. The van der Waals surface area contributed by atoms with Gasteiger partial charge >= 0.3 is 7.12 Å². The molecule has 17 heavy (non-hydrogen) atoms. The molecule has 0 aromatic carbocycles.